The van der Waals surface area contributed by atoms with Crippen LogP contribution < -0.4 is 0 Å². The van der Waals surface area contributed by atoms with E-state index in [1.807, 2.05) is 22.5 Å². The normalized spacial score (nSPS) is 19.2. The smallest absolute Gasteiger partial charge is 0.335 e. The van der Waals surface area contributed by atoms with Crippen molar-refractivity contribution < 1.29 is 14.1 Å². The number of halogens is 1. The lowest BCUT2D eigenvalue weighted by molar-refractivity contribution is -0.138. The van der Waals surface area contributed by atoms with Gasteiger partial charge in [-0.2, -0.15) is 0 Å². The van der Waals surface area contributed by atoms with Crippen LogP contribution in [0, 0.1) is 3.57 Å². The first kappa shape index (κ1) is 19.8. The van der Waals surface area contributed by atoms with Gasteiger partial charge in [0.15, 0.2) is 0 Å². The molecule has 1 aliphatic heterocycles. The molecule has 0 N–H and O–H groups in total. The highest BCUT2D eigenvalue weighted by Crippen LogP contribution is 2.28. The van der Waals surface area contributed by atoms with E-state index in [1.165, 1.54) is 0 Å². The second kappa shape index (κ2) is 9.79. The minimum absolute atomic E-state index is 0.183. The van der Waals surface area contributed by atoms with Crippen LogP contribution in [0.4, 0.5) is 0 Å². The van der Waals surface area contributed by atoms with E-state index in [1.54, 1.807) is 6.92 Å². The highest BCUT2D eigenvalue weighted by molar-refractivity contribution is 14.1. The summed E-state index contributed by atoms with van der Waals surface area (Å²) in [5, 5.41) is 0. The molecule has 1 aromatic rings. The molecule has 1 aliphatic rings. The van der Waals surface area contributed by atoms with Crippen molar-refractivity contribution in [3.63, 3.8) is 0 Å². The van der Waals surface area contributed by atoms with Gasteiger partial charge in [0.2, 0.25) is 0 Å². The molecule has 0 bridgehead atoms. The zero-order valence-electron chi connectivity index (χ0n) is 14.2. The third-order valence-electron chi connectivity index (χ3n) is 4.01. The molecule has 1 aromatic carbocycles. The number of carbonyl (C=O) groups excluding carboxylic acids is 1. The molecule has 4 nitrogen and oxygen atoms in total. The van der Waals surface area contributed by atoms with Gasteiger partial charge >= 0.3 is 5.97 Å². The van der Waals surface area contributed by atoms with E-state index < -0.39 is 11.4 Å². The maximum atomic E-state index is 12.7. The lowest BCUT2D eigenvalue weighted by Gasteiger charge is -2.27. The van der Waals surface area contributed by atoms with E-state index in [4.69, 9.17) is 4.74 Å². The second-order valence-electron chi connectivity index (χ2n) is 5.67. The van der Waals surface area contributed by atoms with Crippen LogP contribution in [0.5, 0.6) is 0 Å². The fourth-order valence-corrected chi connectivity index (χ4v) is 4.83. The van der Waals surface area contributed by atoms with Crippen molar-refractivity contribution in [3.05, 3.63) is 45.0 Å². The van der Waals surface area contributed by atoms with Gasteiger partial charge in [-0.3, -0.25) is 0 Å². The summed E-state index contributed by atoms with van der Waals surface area (Å²) in [6.45, 7) is 4.79. The summed E-state index contributed by atoms with van der Waals surface area (Å²) in [6.07, 6.45) is 4.48. The van der Waals surface area contributed by atoms with Crippen molar-refractivity contribution in [1.82, 2.24) is 4.31 Å². The van der Waals surface area contributed by atoms with Crippen LogP contribution in [0.25, 0.3) is 0 Å². The lowest BCUT2D eigenvalue weighted by Crippen LogP contribution is -2.41. The van der Waals surface area contributed by atoms with Crippen molar-refractivity contribution in [2.45, 2.75) is 39.2 Å². The van der Waals surface area contributed by atoms with E-state index in [-0.39, 0.29) is 12.0 Å². The number of unbranched alkanes of at least 4 members (excludes halogenated alkanes) is 1. The molecular formula is C18H24INO3S. The summed E-state index contributed by atoms with van der Waals surface area (Å²) < 4.78 is 21.0. The Morgan fingerprint density at radius 2 is 2.17 bits per heavy atom. The summed E-state index contributed by atoms with van der Waals surface area (Å²) in [5.74, 6) is 0.353. The number of nitrogens with zero attached hydrogens (tertiary/aromatic N) is 1. The number of esters is 1. The van der Waals surface area contributed by atoms with Crippen LogP contribution in [0.3, 0.4) is 0 Å². The van der Waals surface area contributed by atoms with Gasteiger partial charge in [0.1, 0.15) is 5.75 Å². The molecule has 0 unspecified atom stereocenters. The van der Waals surface area contributed by atoms with E-state index in [2.05, 4.69) is 41.6 Å². The van der Waals surface area contributed by atoms with Gasteiger partial charge in [0.05, 0.1) is 24.8 Å². The molecule has 0 aromatic heterocycles. The summed E-state index contributed by atoms with van der Waals surface area (Å²) >= 11 is 1.23. The summed E-state index contributed by atoms with van der Waals surface area (Å²) in [6, 6.07) is 7.93. The van der Waals surface area contributed by atoms with Gasteiger partial charge in [0, 0.05) is 14.9 Å². The van der Waals surface area contributed by atoms with Gasteiger partial charge in [0.25, 0.3) is 0 Å². The van der Waals surface area contributed by atoms with Gasteiger partial charge in [-0.1, -0.05) is 37.6 Å². The van der Waals surface area contributed by atoms with E-state index in [9.17, 15) is 9.35 Å². The van der Waals surface area contributed by atoms with Crippen molar-refractivity contribution in [2.24, 2.45) is 0 Å². The molecule has 24 heavy (non-hydrogen) atoms. The van der Waals surface area contributed by atoms with Gasteiger partial charge in [-0.25, -0.2) is 4.79 Å². The maximum absolute atomic E-state index is 12.7. The molecule has 0 aliphatic carbocycles. The molecule has 0 fully saturated rings. The predicted octanol–water partition coefficient (Wildman–Crippen LogP) is 3.47. The van der Waals surface area contributed by atoms with Crippen molar-refractivity contribution in [1.29, 1.82) is 0 Å². The molecule has 0 saturated carbocycles. The standard InChI is InChI=1S/C18H24INO3S/c1-3-5-12-24(22)20-11-10-15(18(21)23-4-2)17(20)13-14-8-6-7-9-16(14)19/h6-10,17H,3-5,11-13H2,1-2H3/t17-,24-/m0/s1. The third-order valence-corrected chi connectivity index (χ3v) is 6.63. The Kier molecular flexibility index (Phi) is 8.06. The first-order chi connectivity index (χ1) is 11.6. The Hall–Kier alpha value is -0.570. The van der Waals surface area contributed by atoms with Crippen LogP contribution in [0.2, 0.25) is 0 Å². The number of benzene rings is 1. The average molecular weight is 461 g/mol. The fraction of sp³-hybridized carbons (Fsp3) is 0.500. The molecule has 0 spiro atoms. The van der Waals surface area contributed by atoms with E-state index >= 15 is 0 Å². The molecule has 0 saturated heterocycles. The Balaban J connectivity index is 2.20. The Bertz CT molecular complexity index is 593. The largest absolute Gasteiger partial charge is 0.598 e. The third kappa shape index (κ3) is 4.97. The first-order valence-corrected chi connectivity index (χ1v) is 10.7. The van der Waals surface area contributed by atoms with Crippen LogP contribution in [-0.2, 0) is 27.3 Å². The Morgan fingerprint density at radius 3 is 2.83 bits per heavy atom. The molecular weight excluding hydrogens is 437 g/mol. The van der Waals surface area contributed by atoms with Crippen molar-refractivity contribution in [2.75, 3.05) is 18.9 Å². The monoisotopic (exact) mass is 461 g/mol. The van der Waals surface area contributed by atoms with Crippen LogP contribution in [0.15, 0.2) is 35.9 Å². The maximum Gasteiger partial charge on any atom is 0.335 e. The highest BCUT2D eigenvalue weighted by atomic mass is 127. The number of hydrogen-bond acceptors (Lipinski definition) is 4. The number of carbonyl (C=O) groups is 1. The minimum Gasteiger partial charge on any atom is -0.598 e. The molecule has 132 valence electrons. The molecule has 2 atom stereocenters. The van der Waals surface area contributed by atoms with E-state index in [0.29, 0.717) is 30.9 Å². The average Bonchev–Trinajstić information content (AvgIpc) is 2.98. The quantitative estimate of drug-likeness (QED) is 0.338. The topological polar surface area (TPSA) is 52.6 Å². The van der Waals surface area contributed by atoms with Crippen LogP contribution in [0.1, 0.15) is 32.3 Å². The zero-order chi connectivity index (χ0) is 17.5. The van der Waals surface area contributed by atoms with Gasteiger partial charge in [-0.05, 0) is 54.0 Å². The second-order valence-corrected chi connectivity index (χ2v) is 8.35. The summed E-state index contributed by atoms with van der Waals surface area (Å²) in [7, 11) is 0. The van der Waals surface area contributed by atoms with Gasteiger partial charge in [-0.15, -0.1) is 4.31 Å². The lowest BCUT2D eigenvalue weighted by atomic mass is 10.0. The Morgan fingerprint density at radius 1 is 1.42 bits per heavy atom. The molecule has 2 rings (SSSR count). The number of rotatable bonds is 8. The fourth-order valence-electron chi connectivity index (χ4n) is 2.73. The van der Waals surface area contributed by atoms with Crippen LogP contribution in [-0.4, -0.2) is 39.8 Å². The van der Waals surface area contributed by atoms with Crippen molar-refractivity contribution in [3.8, 4) is 0 Å². The molecule has 0 radical (unpaired) electrons. The summed E-state index contributed by atoms with van der Waals surface area (Å²) in [5.41, 5.74) is 1.80. The first-order valence-electron chi connectivity index (χ1n) is 8.34. The predicted molar refractivity (Wildman–Crippen MR) is 106 cm³/mol. The van der Waals surface area contributed by atoms with Gasteiger partial charge < -0.3 is 9.29 Å². The molecule has 1 heterocycles. The number of ether oxygens (including phenoxy) is 1. The van der Waals surface area contributed by atoms with E-state index in [0.717, 1.165) is 22.0 Å². The van der Waals surface area contributed by atoms with Crippen LogP contribution >= 0.6 is 22.6 Å². The Labute approximate surface area is 161 Å². The highest BCUT2D eigenvalue weighted by Gasteiger charge is 2.39. The number of hydrogen-bond donors (Lipinski definition) is 0. The minimum atomic E-state index is -1.08. The summed E-state index contributed by atoms with van der Waals surface area (Å²) in [4.78, 5) is 12.3. The SMILES string of the molecule is CCCC[S@+]([O-])N1CC=C(C(=O)OCC)[C@@H]1Cc1ccccc1I. The zero-order valence-corrected chi connectivity index (χ0v) is 17.1. The molecule has 6 heteroatoms. The molecule has 0 amide bonds. The van der Waals surface area contributed by atoms with Crippen molar-refractivity contribution >= 4 is 39.9 Å².